The van der Waals surface area contributed by atoms with Crippen molar-refractivity contribution in [1.29, 1.82) is 0 Å². The highest BCUT2D eigenvalue weighted by atomic mass is 79.9. The first-order valence-electron chi connectivity index (χ1n) is 3.76. The fraction of sp³-hybridized carbons (Fsp3) is 0.125. The molecule has 2 aromatic heterocycles. The molecule has 0 saturated heterocycles. The van der Waals surface area contributed by atoms with Crippen LogP contribution in [-0.4, -0.2) is 5.16 Å². The zero-order valence-corrected chi connectivity index (χ0v) is 11.2. The molecular formula is C8H6Br2N2OS. The summed E-state index contributed by atoms with van der Waals surface area (Å²) in [5, 5.41) is 3.71. The van der Waals surface area contributed by atoms with Gasteiger partial charge in [0.15, 0.2) is 11.6 Å². The molecule has 3 nitrogen and oxygen atoms in total. The third-order valence-electron chi connectivity index (χ3n) is 1.86. The Bertz CT molecular complexity index is 478. The van der Waals surface area contributed by atoms with Gasteiger partial charge in [-0.25, -0.2) is 0 Å². The molecule has 6 heteroatoms. The van der Waals surface area contributed by atoms with E-state index in [2.05, 4.69) is 37.0 Å². The van der Waals surface area contributed by atoms with Gasteiger partial charge in [-0.05, 0) is 44.8 Å². The number of aromatic nitrogens is 1. The van der Waals surface area contributed by atoms with Crippen LogP contribution in [-0.2, 0) is 0 Å². The highest BCUT2D eigenvalue weighted by molar-refractivity contribution is 9.12. The average molecular weight is 338 g/mol. The van der Waals surface area contributed by atoms with Crippen LogP contribution in [0.1, 0.15) is 5.56 Å². The first-order chi connectivity index (χ1) is 6.59. The highest BCUT2D eigenvalue weighted by Gasteiger charge is 2.16. The van der Waals surface area contributed by atoms with Crippen LogP contribution in [0.3, 0.4) is 0 Å². The summed E-state index contributed by atoms with van der Waals surface area (Å²) in [6, 6.07) is 1.97. The summed E-state index contributed by atoms with van der Waals surface area (Å²) in [4.78, 5) is 0. The summed E-state index contributed by atoms with van der Waals surface area (Å²) >= 11 is 8.45. The molecule has 0 aliphatic rings. The molecule has 0 amide bonds. The maximum absolute atomic E-state index is 5.61. The van der Waals surface area contributed by atoms with Gasteiger partial charge in [0.1, 0.15) is 0 Å². The number of thiophene rings is 1. The Labute approximate surface area is 102 Å². The second kappa shape index (κ2) is 3.67. The second-order valence-electron chi connectivity index (χ2n) is 2.76. The maximum atomic E-state index is 5.61. The van der Waals surface area contributed by atoms with Crippen LogP contribution < -0.4 is 5.73 Å². The minimum atomic E-state index is 0.439. The molecule has 0 aromatic carbocycles. The van der Waals surface area contributed by atoms with Crippen molar-refractivity contribution in [2.75, 3.05) is 5.73 Å². The van der Waals surface area contributed by atoms with Gasteiger partial charge < -0.3 is 10.3 Å². The Morgan fingerprint density at radius 3 is 2.64 bits per heavy atom. The molecule has 74 valence electrons. The Hall–Kier alpha value is -0.330. The van der Waals surface area contributed by atoms with E-state index in [4.69, 9.17) is 10.3 Å². The van der Waals surface area contributed by atoms with Crippen LogP contribution >= 0.6 is 43.2 Å². The summed E-state index contributed by atoms with van der Waals surface area (Å²) in [7, 11) is 0. The summed E-state index contributed by atoms with van der Waals surface area (Å²) in [5.74, 6) is 1.16. The van der Waals surface area contributed by atoms with E-state index in [1.165, 1.54) is 0 Å². The molecule has 2 heterocycles. The van der Waals surface area contributed by atoms with E-state index in [1.54, 1.807) is 11.3 Å². The number of hydrogen-bond acceptors (Lipinski definition) is 4. The molecule has 0 unspecified atom stereocenters. The first-order valence-corrected chi connectivity index (χ1v) is 6.17. The van der Waals surface area contributed by atoms with Crippen LogP contribution in [0.5, 0.6) is 0 Å². The Morgan fingerprint density at radius 2 is 2.21 bits per heavy atom. The van der Waals surface area contributed by atoms with Gasteiger partial charge in [-0.1, -0.05) is 5.16 Å². The topological polar surface area (TPSA) is 52.0 Å². The predicted octanol–water partition coefficient (Wildman–Crippen LogP) is 3.82. The molecule has 0 aliphatic heterocycles. The lowest BCUT2D eigenvalue weighted by molar-refractivity contribution is 0.435. The van der Waals surface area contributed by atoms with Gasteiger partial charge >= 0.3 is 0 Å². The molecule has 0 fully saturated rings. The van der Waals surface area contributed by atoms with Gasteiger partial charge in [-0.2, -0.15) is 0 Å². The van der Waals surface area contributed by atoms with E-state index in [0.29, 0.717) is 5.82 Å². The van der Waals surface area contributed by atoms with Crippen molar-refractivity contribution in [3.8, 4) is 11.3 Å². The van der Waals surface area contributed by atoms with Crippen molar-refractivity contribution in [2.45, 2.75) is 6.92 Å². The first kappa shape index (κ1) is 10.2. The van der Waals surface area contributed by atoms with Crippen LogP contribution in [0.2, 0.25) is 0 Å². The largest absolute Gasteiger partial charge is 0.381 e. The van der Waals surface area contributed by atoms with Crippen LogP contribution in [0.25, 0.3) is 11.3 Å². The van der Waals surface area contributed by atoms with Crippen molar-refractivity contribution in [2.24, 2.45) is 0 Å². The molecule has 0 saturated carbocycles. The molecule has 2 aromatic rings. The molecule has 2 rings (SSSR count). The zero-order chi connectivity index (χ0) is 10.3. The van der Waals surface area contributed by atoms with E-state index in [-0.39, 0.29) is 0 Å². The van der Waals surface area contributed by atoms with Gasteiger partial charge in [0.2, 0.25) is 0 Å². The highest BCUT2D eigenvalue weighted by Crippen LogP contribution is 2.40. The lowest BCUT2D eigenvalue weighted by Gasteiger charge is -1.92. The van der Waals surface area contributed by atoms with Gasteiger partial charge in [0.25, 0.3) is 0 Å². The fourth-order valence-corrected chi connectivity index (χ4v) is 3.89. The van der Waals surface area contributed by atoms with Crippen molar-refractivity contribution < 1.29 is 4.52 Å². The number of halogens is 2. The Balaban J connectivity index is 2.59. The quantitative estimate of drug-likeness (QED) is 0.860. The van der Waals surface area contributed by atoms with Gasteiger partial charge in [0.05, 0.1) is 7.57 Å². The number of anilines is 1. The van der Waals surface area contributed by atoms with Crippen LogP contribution in [0.15, 0.2) is 18.2 Å². The fourth-order valence-electron chi connectivity index (χ4n) is 1.09. The lowest BCUT2D eigenvalue weighted by Crippen LogP contribution is -1.86. The lowest BCUT2D eigenvalue weighted by atomic mass is 10.2. The van der Waals surface area contributed by atoms with Crippen molar-refractivity contribution in [1.82, 2.24) is 5.16 Å². The monoisotopic (exact) mass is 336 g/mol. The Kier molecular flexibility index (Phi) is 2.68. The second-order valence-corrected chi connectivity index (χ2v) is 6.51. The van der Waals surface area contributed by atoms with Gasteiger partial charge in [-0.15, -0.1) is 11.3 Å². The molecule has 0 atom stereocenters. The van der Waals surface area contributed by atoms with E-state index in [9.17, 15) is 0 Å². The number of nitrogen functional groups attached to an aromatic ring is 1. The standard InChI is InChI=1S/C8H6Br2N2OS/c1-3-6(13-12-8(3)11)4-2-5(9)14-7(4)10/h2H,1H3,(H2,11,12). The van der Waals surface area contributed by atoms with E-state index < -0.39 is 0 Å². The molecule has 0 bridgehead atoms. The van der Waals surface area contributed by atoms with E-state index in [1.807, 2.05) is 13.0 Å². The minimum absolute atomic E-state index is 0.439. The molecule has 0 aliphatic carbocycles. The SMILES string of the molecule is Cc1c(N)noc1-c1cc(Br)sc1Br. The zero-order valence-electron chi connectivity index (χ0n) is 7.17. The third kappa shape index (κ3) is 1.62. The number of nitrogens with two attached hydrogens (primary N) is 1. The predicted molar refractivity (Wildman–Crippen MR) is 64.4 cm³/mol. The number of rotatable bonds is 1. The third-order valence-corrected chi connectivity index (χ3v) is 4.20. The van der Waals surface area contributed by atoms with E-state index >= 15 is 0 Å². The average Bonchev–Trinajstić information content (AvgIpc) is 2.59. The minimum Gasteiger partial charge on any atom is -0.381 e. The molecule has 0 spiro atoms. The molecule has 14 heavy (non-hydrogen) atoms. The van der Waals surface area contributed by atoms with E-state index in [0.717, 1.165) is 24.5 Å². The van der Waals surface area contributed by atoms with Crippen molar-refractivity contribution in [3.63, 3.8) is 0 Å². The number of nitrogens with zero attached hydrogens (tertiary/aromatic N) is 1. The van der Waals surface area contributed by atoms with Gasteiger partial charge in [0, 0.05) is 11.1 Å². The Morgan fingerprint density at radius 1 is 1.50 bits per heavy atom. The summed E-state index contributed by atoms with van der Waals surface area (Å²) in [5.41, 5.74) is 7.45. The summed E-state index contributed by atoms with van der Waals surface area (Å²) in [6.07, 6.45) is 0. The normalized spacial score (nSPS) is 10.8. The van der Waals surface area contributed by atoms with Crippen LogP contribution in [0.4, 0.5) is 5.82 Å². The van der Waals surface area contributed by atoms with Crippen molar-refractivity contribution in [3.05, 3.63) is 19.2 Å². The number of hydrogen-bond donors (Lipinski definition) is 1. The summed E-state index contributed by atoms with van der Waals surface area (Å²) in [6.45, 7) is 1.89. The molecule has 2 N–H and O–H groups in total. The molecular weight excluding hydrogens is 332 g/mol. The smallest absolute Gasteiger partial charge is 0.174 e. The maximum Gasteiger partial charge on any atom is 0.174 e. The van der Waals surface area contributed by atoms with Crippen molar-refractivity contribution >= 4 is 49.0 Å². The molecule has 0 radical (unpaired) electrons. The van der Waals surface area contributed by atoms with Crippen LogP contribution in [0, 0.1) is 6.92 Å². The van der Waals surface area contributed by atoms with Gasteiger partial charge in [-0.3, -0.25) is 0 Å². The summed E-state index contributed by atoms with van der Waals surface area (Å²) < 4.78 is 7.20.